The molecule has 0 unspecified atom stereocenters. The van der Waals surface area contributed by atoms with Gasteiger partial charge in [-0.05, 0) is 88.1 Å². The van der Waals surface area contributed by atoms with Crippen molar-refractivity contribution in [3.8, 4) is 5.75 Å². The van der Waals surface area contributed by atoms with Gasteiger partial charge in [0, 0.05) is 12.6 Å². The number of ether oxygens (including phenoxy) is 1. The van der Waals surface area contributed by atoms with Gasteiger partial charge in [-0.25, -0.2) is 8.42 Å². The van der Waals surface area contributed by atoms with Gasteiger partial charge in [0.1, 0.15) is 18.3 Å². The minimum atomic E-state index is -4.13. The van der Waals surface area contributed by atoms with Crippen molar-refractivity contribution in [1.82, 2.24) is 10.2 Å². The van der Waals surface area contributed by atoms with Crippen LogP contribution in [0.25, 0.3) is 0 Å². The van der Waals surface area contributed by atoms with Crippen molar-refractivity contribution in [3.05, 3.63) is 89.5 Å². The van der Waals surface area contributed by atoms with Crippen LogP contribution in [0.5, 0.6) is 5.75 Å². The highest BCUT2D eigenvalue weighted by atomic mass is 32.2. The van der Waals surface area contributed by atoms with E-state index in [1.54, 1.807) is 55.5 Å². The maximum atomic E-state index is 14.2. The van der Waals surface area contributed by atoms with Crippen molar-refractivity contribution in [2.45, 2.75) is 83.3 Å². The number of nitrogens with zero attached hydrogens (tertiary/aromatic N) is 2. The van der Waals surface area contributed by atoms with Crippen LogP contribution in [0, 0.1) is 13.8 Å². The Balaban J connectivity index is 1.68. The Morgan fingerprint density at radius 1 is 0.930 bits per heavy atom. The largest absolute Gasteiger partial charge is 0.494 e. The van der Waals surface area contributed by atoms with Crippen LogP contribution in [0.4, 0.5) is 5.69 Å². The molecule has 0 aliphatic heterocycles. The molecule has 0 saturated heterocycles. The van der Waals surface area contributed by atoms with Gasteiger partial charge in [0.25, 0.3) is 10.0 Å². The van der Waals surface area contributed by atoms with Gasteiger partial charge >= 0.3 is 0 Å². The predicted molar refractivity (Wildman–Crippen MR) is 170 cm³/mol. The second-order valence-electron chi connectivity index (χ2n) is 11.2. The summed E-state index contributed by atoms with van der Waals surface area (Å²) in [7, 11) is -4.13. The molecule has 0 radical (unpaired) electrons. The molecule has 1 atom stereocenters. The Morgan fingerprint density at radius 2 is 1.58 bits per heavy atom. The number of rotatable bonds is 12. The fourth-order valence-electron chi connectivity index (χ4n) is 5.36. The third kappa shape index (κ3) is 8.16. The average Bonchev–Trinajstić information content (AvgIpc) is 3.00. The van der Waals surface area contributed by atoms with Crippen molar-refractivity contribution in [2.24, 2.45) is 0 Å². The van der Waals surface area contributed by atoms with E-state index in [9.17, 15) is 18.0 Å². The zero-order chi connectivity index (χ0) is 31.0. The highest BCUT2D eigenvalue weighted by Gasteiger charge is 2.33. The van der Waals surface area contributed by atoms with Gasteiger partial charge < -0.3 is 15.0 Å². The SMILES string of the molecule is CCOc1ccc(N(CC(=O)N(Cc2ccccc2C)[C@H](C)C(=O)NC2CCCCC2)S(=O)(=O)c2ccc(C)cc2)cc1. The summed E-state index contributed by atoms with van der Waals surface area (Å²) in [6.07, 6.45) is 5.14. The van der Waals surface area contributed by atoms with E-state index in [2.05, 4.69) is 5.32 Å². The third-order valence-corrected chi connectivity index (χ3v) is 9.83. The lowest BCUT2D eigenvalue weighted by Gasteiger charge is -2.33. The zero-order valence-corrected chi connectivity index (χ0v) is 26.4. The van der Waals surface area contributed by atoms with Crippen LogP contribution < -0.4 is 14.4 Å². The molecular weight excluding hydrogens is 562 g/mol. The molecule has 1 aliphatic rings. The number of anilines is 1. The highest BCUT2D eigenvalue weighted by Crippen LogP contribution is 2.27. The van der Waals surface area contributed by atoms with Gasteiger partial charge in [-0.2, -0.15) is 0 Å². The smallest absolute Gasteiger partial charge is 0.264 e. The Kier molecular flexibility index (Phi) is 10.9. The number of carbonyl (C=O) groups excluding carboxylic acids is 2. The first-order valence-electron chi connectivity index (χ1n) is 15.1. The summed E-state index contributed by atoms with van der Waals surface area (Å²) in [5.74, 6) is -0.110. The third-order valence-electron chi connectivity index (χ3n) is 8.04. The van der Waals surface area contributed by atoms with Crippen molar-refractivity contribution < 1.29 is 22.7 Å². The number of hydrogen-bond acceptors (Lipinski definition) is 5. The van der Waals surface area contributed by atoms with E-state index in [1.165, 1.54) is 4.90 Å². The quantitative estimate of drug-likeness (QED) is 0.283. The van der Waals surface area contributed by atoms with Crippen LogP contribution in [0.3, 0.4) is 0 Å². The molecule has 1 N–H and O–H groups in total. The molecule has 0 spiro atoms. The number of carbonyl (C=O) groups is 2. The van der Waals surface area contributed by atoms with E-state index in [0.29, 0.717) is 18.0 Å². The second kappa shape index (κ2) is 14.6. The Morgan fingerprint density at radius 3 is 2.21 bits per heavy atom. The van der Waals surface area contributed by atoms with E-state index < -0.39 is 28.5 Å². The van der Waals surface area contributed by atoms with E-state index in [0.717, 1.165) is 53.1 Å². The summed E-state index contributed by atoms with van der Waals surface area (Å²) < 4.78 is 34.7. The van der Waals surface area contributed by atoms with Crippen LogP contribution in [0.1, 0.15) is 62.6 Å². The van der Waals surface area contributed by atoms with Gasteiger partial charge in [0.05, 0.1) is 17.2 Å². The van der Waals surface area contributed by atoms with E-state index >= 15 is 0 Å². The van der Waals surface area contributed by atoms with Crippen molar-refractivity contribution in [2.75, 3.05) is 17.5 Å². The maximum Gasteiger partial charge on any atom is 0.264 e. The molecule has 4 rings (SSSR count). The molecule has 9 heteroatoms. The summed E-state index contributed by atoms with van der Waals surface area (Å²) in [5.41, 5.74) is 3.12. The first kappa shape index (κ1) is 32.1. The van der Waals surface area contributed by atoms with Crippen LogP contribution >= 0.6 is 0 Å². The fourth-order valence-corrected chi connectivity index (χ4v) is 6.78. The minimum Gasteiger partial charge on any atom is -0.494 e. The van der Waals surface area contributed by atoms with Gasteiger partial charge in [-0.1, -0.05) is 61.2 Å². The summed E-state index contributed by atoms with van der Waals surface area (Å²) in [5, 5.41) is 3.14. The number of amides is 2. The van der Waals surface area contributed by atoms with Crippen molar-refractivity contribution in [3.63, 3.8) is 0 Å². The van der Waals surface area contributed by atoms with Crippen LogP contribution in [-0.2, 0) is 26.2 Å². The van der Waals surface area contributed by atoms with Gasteiger partial charge in [-0.15, -0.1) is 0 Å². The molecule has 230 valence electrons. The molecule has 2 amide bonds. The van der Waals surface area contributed by atoms with Crippen molar-refractivity contribution in [1.29, 1.82) is 0 Å². The second-order valence-corrected chi connectivity index (χ2v) is 13.1. The van der Waals surface area contributed by atoms with E-state index in [4.69, 9.17) is 4.74 Å². The normalized spacial score (nSPS) is 14.5. The van der Waals surface area contributed by atoms with Gasteiger partial charge in [0.15, 0.2) is 0 Å². The molecule has 3 aromatic carbocycles. The Hall–Kier alpha value is -3.85. The molecule has 0 aromatic heterocycles. The van der Waals surface area contributed by atoms with E-state index in [1.807, 2.05) is 45.0 Å². The summed E-state index contributed by atoms with van der Waals surface area (Å²) in [6, 6.07) is 20.2. The van der Waals surface area contributed by atoms with Gasteiger partial charge in [-0.3, -0.25) is 13.9 Å². The summed E-state index contributed by atoms with van der Waals surface area (Å²) in [4.78, 5) is 29.3. The fraction of sp³-hybridized carbons (Fsp3) is 0.412. The first-order valence-corrected chi connectivity index (χ1v) is 16.5. The molecule has 1 fully saturated rings. The topological polar surface area (TPSA) is 96.0 Å². The Bertz CT molecular complexity index is 1480. The summed E-state index contributed by atoms with van der Waals surface area (Å²) in [6.45, 7) is 7.59. The lowest BCUT2D eigenvalue weighted by atomic mass is 9.95. The standard InChI is InChI=1S/C34H43N3O5S/c1-5-42-31-19-17-30(18-20-31)37(43(40,41)32-21-15-25(2)16-22-32)24-33(38)36(23-28-12-10-9-11-26(28)3)27(4)34(39)35-29-13-7-6-8-14-29/h9-12,15-22,27,29H,5-8,13-14,23-24H2,1-4H3,(H,35,39)/t27-/m1/s1. The van der Waals surface area contributed by atoms with Crippen LogP contribution in [-0.4, -0.2) is 50.4 Å². The monoisotopic (exact) mass is 605 g/mol. The Labute approximate surface area is 256 Å². The number of aryl methyl sites for hydroxylation is 2. The van der Waals surface area contributed by atoms with Crippen LogP contribution in [0.15, 0.2) is 77.7 Å². The molecule has 0 heterocycles. The number of hydrogen-bond donors (Lipinski definition) is 1. The van der Waals surface area contributed by atoms with Crippen LogP contribution in [0.2, 0.25) is 0 Å². The molecule has 8 nitrogen and oxygen atoms in total. The molecule has 3 aromatic rings. The minimum absolute atomic E-state index is 0.0772. The predicted octanol–water partition coefficient (Wildman–Crippen LogP) is 5.76. The maximum absolute atomic E-state index is 14.2. The molecular formula is C34H43N3O5S. The molecule has 0 bridgehead atoms. The number of benzene rings is 3. The summed E-state index contributed by atoms with van der Waals surface area (Å²) >= 11 is 0. The molecule has 1 aliphatic carbocycles. The lowest BCUT2D eigenvalue weighted by Crippen LogP contribution is -2.53. The number of sulfonamides is 1. The van der Waals surface area contributed by atoms with E-state index in [-0.39, 0.29) is 23.4 Å². The van der Waals surface area contributed by atoms with Crippen molar-refractivity contribution >= 4 is 27.5 Å². The van der Waals surface area contributed by atoms with Gasteiger partial charge in [0.2, 0.25) is 11.8 Å². The molecule has 1 saturated carbocycles. The lowest BCUT2D eigenvalue weighted by molar-refractivity contribution is -0.139. The highest BCUT2D eigenvalue weighted by molar-refractivity contribution is 7.92. The zero-order valence-electron chi connectivity index (χ0n) is 25.6. The number of nitrogens with one attached hydrogen (secondary N) is 1. The average molecular weight is 606 g/mol. The first-order chi connectivity index (χ1) is 20.6. The molecule has 43 heavy (non-hydrogen) atoms.